The second kappa shape index (κ2) is 9.87. The van der Waals surface area contributed by atoms with E-state index in [-0.39, 0.29) is 17.8 Å². The lowest BCUT2D eigenvalue weighted by Gasteiger charge is -2.10. The van der Waals surface area contributed by atoms with Gasteiger partial charge >= 0.3 is 0 Å². The monoisotopic (exact) mass is 501 g/mol. The second-order valence-electron chi connectivity index (χ2n) is 8.95. The van der Waals surface area contributed by atoms with Crippen molar-refractivity contribution >= 4 is 45.3 Å². The quantitative estimate of drug-likeness (QED) is 0.256. The van der Waals surface area contributed by atoms with Gasteiger partial charge in [0.1, 0.15) is 5.82 Å². The van der Waals surface area contributed by atoms with E-state index in [2.05, 4.69) is 20.9 Å². The summed E-state index contributed by atoms with van der Waals surface area (Å²) >= 11 is 1.37. The Kier molecular flexibility index (Phi) is 6.28. The third kappa shape index (κ3) is 4.54. The van der Waals surface area contributed by atoms with Gasteiger partial charge in [-0.25, -0.2) is 15.0 Å². The van der Waals surface area contributed by atoms with Crippen molar-refractivity contribution in [3.05, 3.63) is 60.2 Å². The first-order valence-corrected chi connectivity index (χ1v) is 13.2. The van der Waals surface area contributed by atoms with Crippen molar-refractivity contribution < 1.29 is 9.53 Å². The highest BCUT2D eigenvalue weighted by Gasteiger charge is 2.18. The van der Waals surface area contributed by atoms with Crippen molar-refractivity contribution in [3.63, 3.8) is 0 Å². The van der Waals surface area contributed by atoms with E-state index in [9.17, 15) is 4.79 Å². The zero-order valence-electron chi connectivity index (χ0n) is 20.1. The summed E-state index contributed by atoms with van der Waals surface area (Å²) in [5.41, 5.74) is 3.69. The molecule has 0 bridgehead atoms. The van der Waals surface area contributed by atoms with Crippen molar-refractivity contribution in [3.8, 4) is 0 Å². The Bertz CT molecular complexity index is 1550. The van der Waals surface area contributed by atoms with Crippen molar-refractivity contribution in [2.45, 2.75) is 44.0 Å². The number of hydrogen-bond acceptors (Lipinski definition) is 7. The smallest absolute Gasteiger partial charge is 0.230 e. The molecule has 1 aliphatic rings. The van der Waals surface area contributed by atoms with Crippen LogP contribution in [-0.4, -0.2) is 60.0 Å². The topological polar surface area (TPSA) is 99.2 Å². The van der Waals surface area contributed by atoms with Crippen LogP contribution in [0.1, 0.15) is 24.5 Å². The molecule has 1 fully saturated rings. The fourth-order valence-corrected chi connectivity index (χ4v) is 5.45. The van der Waals surface area contributed by atoms with Crippen LogP contribution in [0.15, 0.2) is 53.7 Å². The molecule has 1 unspecified atom stereocenters. The molecule has 10 heteroatoms. The summed E-state index contributed by atoms with van der Waals surface area (Å²) in [6.45, 7) is 4.07. The average molecular weight is 502 g/mol. The van der Waals surface area contributed by atoms with Gasteiger partial charge in [0.15, 0.2) is 16.6 Å². The molecule has 36 heavy (non-hydrogen) atoms. The van der Waals surface area contributed by atoms with Crippen LogP contribution in [0.25, 0.3) is 27.6 Å². The van der Waals surface area contributed by atoms with Gasteiger partial charge in [-0.1, -0.05) is 36.0 Å². The predicted molar refractivity (Wildman–Crippen MR) is 139 cm³/mol. The van der Waals surface area contributed by atoms with Gasteiger partial charge in [0.25, 0.3) is 0 Å². The number of aromatic nitrogens is 6. The zero-order valence-corrected chi connectivity index (χ0v) is 20.9. The molecule has 0 aliphatic carbocycles. The molecule has 1 N–H and O–H groups in total. The number of para-hydroxylation sites is 3. The number of hydrogen-bond donors (Lipinski definition) is 1. The summed E-state index contributed by atoms with van der Waals surface area (Å²) in [4.78, 5) is 26.8. The molecule has 184 valence electrons. The molecule has 0 spiro atoms. The Labute approximate surface area is 212 Å². The summed E-state index contributed by atoms with van der Waals surface area (Å²) in [6.07, 6.45) is 2.83. The van der Waals surface area contributed by atoms with Gasteiger partial charge in [0, 0.05) is 31.5 Å². The lowest BCUT2D eigenvalue weighted by Crippen LogP contribution is -2.32. The second-order valence-corrected chi connectivity index (χ2v) is 9.89. The third-order valence-corrected chi connectivity index (χ3v) is 7.41. The number of thioether (sulfide) groups is 1. The van der Waals surface area contributed by atoms with E-state index in [0.29, 0.717) is 18.1 Å². The number of aryl methyl sites for hydroxylation is 3. The lowest BCUT2D eigenvalue weighted by atomic mass is 10.2. The molecule has 2 aromatic carbocycles. The maximum Gasteiger partial charge on any atom is 0.230 e. The molecule has 1 saturated heterocycles. The minimum absolute atomic E-state index is 0.0404. The normalized spacial score (nSPS) is 15.9. The van der Waals surface area contributed by atoms with Crippen LogP contribution in [0.4, 0.5) is 0 Å². The highest BCUT2D eigenvalue weighted by Crippen LogP contribution is 2.24. The molecule has 1 amide bonds. The summed E-state index contributed by atoms with van der Waals surface area (Å²) < 4.78 is 9.57. The first kappa shape index (κ1) is 22.9. The van der Waals surface area contributed by atoms with Crippen molar-refractivity contribution in [2.24, 2.45) is 0 Å². The van der Waals surface area contributed by atoms with E-state index in [1.807, 2.05) is 49.4 Å². The molecule has 5 aromatic rings. The maximum absolute atomic E-state index is 12.5. The summed E-state index contributed by atoms with van der Waals surface area (Å²) in [6, 6.07) is 16.1. The zero-order chi connectivity index (χ0) is 24.5. The largest absolute Gasteiger partial charge is 0.376 e. The number of carbonyl (C=O) groups excluding carboxylic acids is 1. The van der Waals surface area contributed by atoms with Crippen LogP contribution >= 0.6 is 11.8 Å². The summed E-state index contributed by atoms with van der Waals surface area (Å²) in [5, 5.41) is 9.36. The number of fused-ring (bicyclic) bond motifs is 4. The number of imidazole rings is 1. The van der Waals surface area contributed by atoms with E-state index in [4.69, 9.17) is 19.8 Å². The number of nitrogens with zero attached hydrogens (tertiary/aromatic N) is 6. The molecule has 4 heterocycles. The van der Waals surface area contributed by atoms with E-state index < -0.39 is 0 Å². The van der Waals surface area contributed by atoms with Crippen LogP contribution in [0, 0.1) is 6.92 Å². The first-order chi connectivity index (χ1) is 17.7. The van der Waals surface area contributed by atoms with Crippen LogP contribution in [-0.2, 0) is 22.5 Å². The molecule has 6 rings (SSSR count). The standard InChI is InChI=1S/C26H27N7O2S/c1-17-28-21-10-4-5-11-22(21)32(17)13-12-23-30-25-19-8-2-3-9-20(19)29-26(33(25)31-23)36-16-24(34)27-15-18-7-6-14-35-18/h2-5,8-11,18H,6-7,12-16H2,1H3,(H,27,34). The van der Waals surface area contributed by atoms with Crippen LogP contribution in [0.2, 0.25) is 0 Å². The molecule has 1 aliphatic heterocycles. The molecular formula is C26H27N7O2S. The number of rotatable bonds is 8. The van der Waals surface area contributed by atoms with Gasteiger partial charge in [-0.05, 0) is 44.0 Å². The van der Waals surface area contributed by atoms with Gasteiger partial charge in [0.05, 0.1) is 28.4 Å². The van der Waals surface area contributed by atoms with Gasteiger partial charge in [0.2, 0.25) is 5.91 Å². The lowest BCUT2D eigenvalue weighted by molar-refractivity contribution is -0.119. The number of carbonyl (C=O) groups is 1. The van der Waals surface area contributed by atoms with Crippen LogP contribution in [0.5, 0.6) is 0 Å². The van der Waals surface area contributed by atoms with Gasteiger partial charge in [-0.3, -0.25) is 4.79 Å². The fourth-order valence-electron chi connectivity index (χ4n) is 4.68. The van der Waals surface area contributed by atoms with E-state index in [1.165, 1.54) is 11.8 Å². The fraction of sp³-hybridized carbons (Fsp3) is 0.346. The minimum Gasteiger partial charge on any atom is -0.376 e. The predicted octanol–water partition coefficient (Wildman–Crippen LogP) is 3.57. The van der Waals surface area contributed by atoms with E-state index in [0.717, 1.165) is 65.2 Å². The highest BCUT2D eigenvalue weighted by molar-refractivity contribution is 7.99. The Morgan fingerprint density at radius 3 is 2.81 bits per heavy atom. The van der Waals surface area contributed by atoms with E-state index >= 15 is 0 Å². The Balaban J connectivity index is 1.24. The number of benzene rings is 2. The van der Waals surface area contributed by atoms with E-state index in [1.54, 1.807) is 4.52 Å². The number of ether oxygens (including phenoxy) is 1. The summed E-state index contributed by atoms with van der Waals surface area (Å²) in [5.74, 6) is 1.91. The van der Waals surface area contributed by atoms with Crippen LogP contribution < -0.4 is 5.32 Å². The van der Waals surface area contributed by atoms with Gasteiger partial charge in [-0.2, -0.15) is 4.52 Å². The SMILES string of the molecule is Cc1nc2ccccc2n1CCc1nc2c3ccccc3nc(SCC(=O)NCC3CCCO3)n2n1. The highest BCUT2D eigenvalue weighted by atomic mass is 32.2. The van der Waals surface area contributed by atoms with Gasteiger partial charge in [-0.15, -0.1) is 5.10 Å². The summed E-state index contributed by atoms with van der Waals surface area (Å²) in [7, 11) is 0. The van der Waals surface area contributed by atoms with Crippen molar-refractivity contribution in [2.75, 3.05) is 18.9 Å². The molecule has 0 saturated carbocycles. The minimum atomic E-state index is -0.0404. The molecular weight excluding hydrogens is 474 g/mol. The Hall–Kier alpha value is -3.50. The number of amides is 1. The van der Waals surface area contributed by atoms with Gasteiger partial charge < -0.3 is 14.6 Å². The van der Waals surface area contributed by atoms with Crippen molar-refractivity contribution in [1.82, 2.24) is 34.4 Å². The van der Waals surface area contributed by atoms with Crippen LogP contribution in [0.3, 0.4) is 0 Å². The average Bonchev–Trinajstić information content (AvgIpc) is 3.63. The molecule has 9 nitrogen and oxygen atoms in total. The Morgan fingerprint density at radius 2 is 1.94 bits per heavy atom. The first-order valence-electron chi connectivity index (χ1n) is 12.2. The third-order valence-electron chi connectivity index (χ3n) is 6.48. The Morgan fingerprint density at radius 1 is 1.11 bits per heavy atom. The molecule has 1 atom stereocenters. The maximum atomic E-state index is 12.5. The molecule has 3 aromatic heterocycles. The number of nitrogens with one attached hydrogen (secondary N) is 1. The molecule has 0 radical (unpaired) electrons. The van der Waals surface area contributed by atoms with Crippen molar-refractivity contribution in [1.29, 1.82) is 0 Å².